The molecule has 0 heterocycles. The van der Waals surface area contributed by atoms with E-state index in [4.69, 9.17) is 33.2 Å². The molecule has 0 N–H and O–H groups in total. The second-order valence-corrected chi connectivity index (χ2v) is 5.02. The van der Waals surface area contributed by atoms with E-state index in [1.165, 1.54) is 6.26 Å². The predicted octanol–water partition coefficient (Wildman–Crippen LogP) is 1.65. The molecule has 0 atom stereocenters. The van der Waals surface area contributed by atoms with Crippen LogP contribution in [0.5, 0.6) is 0 Å². The van der Waals surface area contributed by atoms with Crippen molar-refractivity contribution in [2.75, 3.05) is 79.3 Å². The molecule has 0 saturated heterocycles. The topological polar surface area (TPSA) is 64.6 Å². The van der Waals surface area contributed by atoms with Gasteiger partial charge < -0.3 is 33.2 Å². The molecular weight excluding hydrogens is 316 g/mol. The largest absolute Gasteiger partial charge is 0.499 e. The maximum atomic E-state index is 5.38. The van der Waals surface area contributed by atoms with E-state index in [1.54, 1.807) is 0 Å². The Balaban J connectivity index is 2.97. The van der Waals surface area contributed by atoms with Crippen molar-refractivity contribution < 1.29 is 33.2 Å². The van der Waals surface area contributed by atoms with Crippen LogP contribution in [0.25, 0.3) is 0 Å². The second-order valence-electron chi connectivity index (χ2n) is 5.02. The molecule has 144 valence electrons. The highest BCUT2D eigenvalue weighted by atomic mass is 16.6. The molecule has 7 nitrogen and oxygen atoms in total. The molecule has 0 aliphatic heterocycles. The SMILES string of the molecule is C=COCCOCCOCCOCCOCCOCCOC(C)C. The summed E-state index contributed by atoms with van der Waals surface area (Å²) in [6.45, 7) is 14.2. The molecule has 0 aromatic heterocycles. The Labute approximate surface area is 146 Å². The standard InChI is InChI=1S/C17H34O7/c1-4-18-5-6-19-7-8-20-9-10-21-11-12-22-13-14-23-15-16-24-17(2)3/h4,17H,1,5-16H2,2-3H3. The zero-order valence-corrected chi connectivity index (χ0v) is 15.2. The van der Waals surface area contributed by atoms with E-state index < -0.39 is 0 Å². The van der Waals surface area contributed by atoms with Crippen molar-refractivity contribution in [2.45, 2.75) is 20.0 Å². The summed E-state index contributed by atoms with van der Waals surface area (Å²) in [5.41, 5.74) is 0. The third kappa shape index (κ3) is 21.3. The van der Waals surface area contributed by atoms with Crippen LogP contribution in [0.1, 0.15) is 13.8 Å². The molecule has 0 aliphatic rings. The van der Waals surface area contributed by atoms with Gasteiger partial charge in [0, 0.05) is 0 Å². The number of hydrogen-bond donors (Lipinski definition) is 0. The fourth-order valence-corrected chi connectivity index (χ4v) is 1.51. The maximum absolute atomic E-state index is 5.38. The van der Waals surface area contributed by atoms with E-state index in [2.05, 4.69) is 6.58 Å². The Morgan fingerprint density at radius 2 is 0.917 bits per heavy atom. The average molecular weight is 350 g/mol. The van der Waals surface area contributed by atoms with E-state index >= 15 is 0 Å². The lowest BCUT2D eigenvalue weighted by molar-refractivity contribution is -0.0223. The fraction of sp³-hybridized carbons (Fsp3) is 0.882. The molecule has 24 heavy (non-hydrogen) atoms. The quantitative estimate of drug-likeness (QED) is 0.244. The molecule has 0 radical (unpaired) electrons. The molecule has 0 aliphatic carbocycles. The van der Waals surface area contributed by atoms with Crippen LogP contribution >= 0.6 is 0 Å². The molecule has 0 amide bonds. The highest BCUT2D eigenvalue weighted by molar-refractivity contribution is 4.47. The minimum absolute atomic E-state index is 0.246. The van der Waals surface area contributed by atoms with E-state index in [0.29, 0.717) is 79.3 Å². The van der Waals surface area contributed by atoms with E-state index in [1.807, 2.05) is 13.8 Å². The van der Waals surface area contributed by atoms with Crippen molar-refractivity contribution in [3.8, 4) is 0 Å². The van der Waals surface area contributed by atoms with Crippen LogP contribution in [0, 0.1) is 0 Å². The molecule has 0 saturated carbocycles. The Morgan fingerprint density at radius 1 is 0.583 bits per heavy atom. The Morgan fingerprint density at radius 3 is 1.25 bits per heavy atom. The summed E-state index contributed by atoms with van der Waals surface area (Å²) in [6, 6.07) is 0. The van der Waals surface area contributed by atoms with Gasteiger partial charge in [-0.25, -0.2) is 0 Å². The monoisotopic (exact) mass is 350 g/mol. The van der Waals surface area contributed by atoms with Gasteiger partial charge in [-0.05, 0) is 13.8 Å². The van der Waals surface area contributed by atoms with Crippen LogP contribution in [-0.2, 0) is 33.2 Å². The van der Waals surface area contributed by atoms with Gasteiger partial charge in [-0.15, -0.1) is 0 Å². The van der Waals surface area contributed by atoms with Crippen LogP contribution in [0.4, 0.5) is 0 Å². The Kier molecular flexibility index (Phi) is 19.8. The van der Waals surface area contributed by atoms with Crippen LogP contribution in [0.15, 0.2) is 12.8 Å². The smallest absolute Gasteiger partial charge is 0.111 e. The van der Waals surface area contributed by atoms with Crippen molar-refractivity contribution in [2.24, 2.45) is 0 Å². The first-order chi connectivity index (χ1) is 11.8. The van der Waals surface area contributed by atoms with Crippen LogP contribution in [0.3, 0.4) is 0 Å². The lowest BCUT2D eigenvalue weighted by Crippen LogP contribution is -2.15. The summed E-state index contributed by atoms with van der Waals surface area (Å²) in [5, 5.41) is 0. The van der Waals surface area contributed by atoms with Gasteiger partial charge in [0.2, 0.25) is 0 Å². The summed E-state index contributed by atoms with van der Waals surface area (Å²) < 4.78 is 37.0. The zero-order chi connectivity index (χ0) is 17.7. The van der Waals surface area contributed by atoms with Crippen molar-refractivity contribution in [1.82, 2.24) is 0 Å². The number of ether oxygens (including phenoxy) is 7. The molecule has 0 spiro atoms. The third-order valence-electron chi connectivity index (χ3n) is 2.63. The van der Waals surface area contributed by atoms with Gasteiger partial charge in [0.15, 0.2) is 0 Å². The average Bonchev–Trinajstić information content (AvgIpc) is 2.56. The first-order valence-corrected chi connectivity index (χ1v) is 8.50. The van der Waals surface area contributed by atoms with Crippen molar-refractivity contribution >= 4 is 0 Å². The molecule has 0 bridgehead atoms. The number of hydrogen-bond acceptors (Lipinski definition) is 7. The van der Waals surface area contributed by atoms with Crippen LogP contribution in [-0.4, -0.2) is 85.4 Å². The van der Waals surface area contributed by atoms with Crippen LogP contribution in [0.2, 0.25) is 0 Å². The molecule has 7 heteroatoms. The summed E-state index contributed by atoms with van der Waals surface area (Å²) >= 11 is 0. The minimum Gasteiger partial charge on any atom is -0.499 e. The second kappa shape index (κ2) is 20.3. The molecule has 0 aromatic rings. The summed E-state index contributed by atoms with van der Waals surface area (Å²) in [4.78, 5) is 0. The van der Waals surface area contributed by atoms with Crippen molar-refractivity contribution in [3.63, 3.8) is 0 Å². The van der Waals surface area contributed by atoms with Gasteiger partial charge in [-0.1, -0.05) is 6.58 Å². The summed E-state index contributed by atoms with van der Waals surface area (Å²) in [7, 11) is 0. The number of rotatable bonds is 20. The third-order valence-corrected chi connectivity index (χ3v) is 2.63. The lowest BCUT2D eigenvalue weighted by Gasteiger charge is -2.09. The van der Waals surface area contributed by atoms with Crippen LogP contribution < -0.4 is 0 Å². The molecule has 0 rings (SSSR count). The van der Waals surface area contributed by atoms with Gasteiger partial charge in [0.25, 0.3) is 0 Å². The predicted molar refractivity (Wildman–Crippen MR) is 91.3 cm³/mol. The summed E-state index contributed by atoms with van der Waals surface area (Å²) in [6.07, 6.45) is 1.65. The van der Waals surface area contributed by atoms with Gasteiger partial charge in [-0.3, -0.25) is 0 Å². The van der Waals surface area contributed by atoms with Gasteiger partial charge >= 0.3 is 0 Å². The van der Waals surface area contributed by atoms with Gasteiger partial charge in [0.1, 0.15) is 6.61 Å². The highest BCUT2D eigenvalue weighted by Crippen LogP contribution is 1.88. The molecule has 0 unspecified atom stereocenters. The molecule has 0 aromatic carbocycles. The first-order valence-electron chi connectivity index (χ1n) is 8.50. The fourth-order valence-electron chi connectivity index (χ4n) is 1.51. The zero-order valence-electron chi connectivity index (χ0n) is 15.2. The normalized spacial score (nSPS) is 11.1. The van der Waals surface area contributed by atoms with E-state index in [-0.39, 0.29) is 6.10 Å². The molecular formula is C17H34O7. The molecule has 0 fully saturated rings. The van der Waals surface area contributed by atoms with Crippen molar-refractivity contribution in [1.29, 1.82) is 0 Å². The first kappa shape index (κ1) is 23.3. The maximum Gasteiger partial charge on any atom is 0.111 e. The van der Waals surface area contributed by atoms with E-state index in [9.17, 15) is 0 Å². The van der Waals surface area contributed by atoms with Gasteiger partial charge in [0.05, 0.1) is 85.0 Å². The lowest BCUT2D eigenvalue weighted by atomic mass is 10.5. The Bertz CT molecular complexity index is 249. The van der Waals surface area contributed by atoms with Gasteiger partial charge in [-0.2, -0.15) is 0 Å². The highest BCUT2D eigenvalue weighted by Gasteiger charge is 1.95. The summed E-state index contributed by atoms with van der Waals surface area (Å²) in [5.74, 6) is 0. The van der Waals surface area contributed by atoms with E-state index in [0.717, 1.165) is 0 Å². The minimum atomic E-state index is 0.246. The Hall–Kier alpha value is -0.700. The van der Waals surface area contributed by atoms with Crippen molar-refractivity contribution in [3.05, 3.63) is 12.8 Å².